The lowest BCUT2D eigenvalue weighted by molar-refractivity contribution is 0.204. The maximum atomic E-state index is 5.79. The van der Waals surface area contributed by atoms with Gasteiger partial charge >= 0.3 is 0 Å². The Labute approximate surface area is 116 Å². The fraction of sp³-hybridized carbons (Fsp3) is 0.600. The van der Waals surface area contributed by atoms with Gasteiger partial charge in [0.15, 0.2) is 11.5 Å². The Morgan fingerprint density at radius 1 is 1.05 bits per heavy atom. The van der Waals surface area contributed by atoms with Crippen LogP contribution in [0.1, 0.15) is 26.7 Å². The second kappa shape index (κ2) is 8.64. The van der Waals surface area contributed by atoms with Crippen molar-refractivity contribution in [2.45, 2.75) is 26.7 Å². The lowest BCUT2D eigenvalue weighted by Gasteiger charge is -2.21. The van der Waals surface area contributed by atoms with Crippen LogP contribution in [0.15, 0.2) is 18.2 Å². The predicted octanol–water partition coefficient (Wildman–Crippen LogP) is 2.78. The molecule has 0 atom stereocenters. The molecule has 0 radical (unpaired) electrons. The summed E-state index contributed by atoms with van der Waals surface area (Å²) in [5, 5.41) is 0. The van der Waals surface area contributed by atoms with Crippen LogP contribution in [0.3, 0.4) is 0 Å². The summed E-state index contributed by atoms with van der Waals surface area (Å²) < 4.78 is 11.0. The molecule has 1 aromatic carbocycles. The third kappa shape index (κ3) is 5.39. The predicted molar refractivity (Wildman–Crippen MR) is 79.9 cm³/mol. The van der Waals surface area contributed by atoms with E-state index in [1.165, 1.54) is 12.8 Å². The average molecular weight is 266 g/mol. The van der Waals surface area contributed by atoms with Crippen LogP contribution in [0.4, 0.5) is 5.69 Å². The van der Waals surface area contributed by atoms with Crippen LogP contribution >= 0.6 is 0 Å². The second-order valence-electron chi connectivity index (χ2n) is 4.60. The molecular weight excluding hydrogens is 240 g/mol. The molecule has 1 rings (SSSR count). The van der Waals surface area contributed by atoms with Gasteiger partial charge in [0.2, 0.25) is 0 Å². The Hall–Kier alpha value is -1.42. The summed E-state index contributed by atoms with van der Waals surface area (Å²) in [5.74, 6) is 1.45. The first-order valence-electron chi connectivity index (χ1n) is 6.99. The topological polar surface area (TPSA) is 47.7 Å². The van der Waals surface area contributed by atoms with Crippen molar-refractivity contribution in [1.82, 2.24) is 4.90 Å². The van der Waals surface area contributed by atoms with Gasteiger partial charge in [0.25, 0.3) is 0 Å². The van der Waals surface area contributed by atoms with E-state index in [2.05, 4.69) is 18.7 Å². The molecule has 1 aromatic rings. The Morgan fingerprint density at radius 2 is 1.74 bits per heavy atom. The van der Waals surface area contributed by atoms with Crippen molar-refractivity contribution < 1.29 is 9.47 Å². The van der Waals surface area contributed by atoms with Gasteiger partial charge in [0.1, 0.15) is 6.61 Å². The number of rotatable bonds is 9. The van der Waals surface area contributed by atoms with Gasteiger partial charge in [-0.15, -0.1) is 0 Å². The van der Waals surface area contributed by atoms with Gasteiger partial charge in [-0.1, -0.05) is 13.8 Å². The molecule has 0 unspecified atom stereocenters. The highest BCUT2D eigenvalue weighted by Crippen LogP contribution is 2.28. The van der Waals surface area contributed by atoms with Gasteiger partial charge in [-0.05, 0) is 38.1 Å². The number of anilines is 1. The lowest BCUT2D eigenvalue weighted by Crippen LogP contribution is -2.30. The van der Waals surface area contributed by atoms with E-state index in [1.54, 1.807) is 7.11 Å². The zero-order valence-electron chi connectivity index (χ0n) is 12.3. The molecule has 19 heavy (non-hydrogen) atoms. The minimum Gasteiger partial charge on any atom is -0.493 e. The van der Waals surface area contributed by atoms with E-state index in [1.807, 2.05) is 18.2 Å². The monoisotopic (exact) mass is 266 g/mol. The molecule has 0 aliphatic heterocycles. The van der Waals surface area contributed by atoms with Crippen LogP contribution in [-0.4, -0.2) is 38.3 Å². The molecule has 0 aromatic heterocycles. The summed E-state index contributed by atoms with van der Waals surface area (Å²) in [6.07, 6.45) is 2.34. The highest BCUT2D eigenvalue weighted by Gasteiger charge is 2.06. The van der Waals surface area contributed by atoms with Gasteiger partial charge in [-0.2, -0.15) is 0 Å². The number of benzene rings is 1. The number of hydrogen-bond acceptors (Lipinski definition) is 4. The highest BCUT2D eigenvalue weighted by atomic mass is 16.5. The van der Waals surface area contributed by atoms with E-state index in [0.29, 0.717) is 12.3 Å². The van der Waals surface area contributed by atoms with Crippen molar-refractivity contribution in [1.29, 1.82) is 0 Å². The SMILES string of the molecule is CCCN(CCC)CCOc1cc(N)ccc1OC. The number of hydrogen-bond donors (Lipinski definition) is 1. The number of nitrogens with two attached hydrogens (primary N) is 1. The van der Waals surface area contributed by atoms with Crippen molar-refractivity contribution in [3.8, 4) is 11.5 Å². The summed E-state index contributed by atoms with van der Waals surface area (Å²) in [4.78, 5) is 2.42. The van der Waals surface area contributed by atoms with Crippen LogP contribution in [0.5, 0.6) is 11.5 Å². The third-order valence-electron chi connectivity index (χ3n) is 2.93. The summed E-state index contributed by atoms with van der Waals surface area (Å²) in [6.45, 7) is 8.21. The van der Waals surface area contributed by atoms with Crippen molar-refractivity contribution in [3.05, 3.63) is 18.2 Å². The summed E-state index contributed by atoms with van der Waals surface area (Å²) in [6, 6.07) is 5.45. The van der Waals surface area contributed by atoms with Gasteiger partial charge < -0.3 is 15.2 Å². The quantitative estimate of drug-likeness (QED) is 0.698. The Morgan fingerprint density at radius 3 is 2.32 bits per heavy atom. The maximum Gasteiger partial charge on any atom is 0.163 e. The summed E-state index contributed by atoms with van der Waals surface area (Å²) in [7, 11) is 1.64. The average Bonchev–Trinajstić information content (AvgIpc) is 2.39. The third-order valence-corrected chi connectivity index (χ3v) is 2.93. The van der Waals surface area contributed by atoms with Gasteiger partial charge in [-0.25, -0.2) is 0 Å². The number of nitrogens with zero attached hydrogens (tertiary/aromatic N) is 1. The minimum atomic E-state index is 0.653. The van der Waals surface area contributed by atoms with E-state index < -0.39 is 0 Å². The van der Waals surface area contributed by atoms with E-state index >= 15 is 0 Å². The molecule has 4 nitrogen and oxygen atoms in total. The van der Waals surface area contributed by atoms with Crippen molar-refractivity contribution >= 4 is 5.69 Å². The van der Waals surface area contributed by atoms with E-state index in [-0.39, 0.29) is 0 Å². The van der Waals surface area contributed by atoms with Gasteiger partial charge in [0.05, 0.1) is 7.11 Å². The number of ether oxygens (including phenoxy) is 2. The van der Waals surface area contributed by atoms with Gasteiger partial charge in [-0.3, -0.25) is 4.90 Å². The number of nitrogen functional groups attached to an aromatic ring is 1. The van der Waals surface area contributed by atoms with E-state index in [0.717, 1.165) is 31.1 Å². The fourth-order valence-corrected chi connectivity index (χ4v) is 2.06. The largest absolute Gasteiger partial charge is 0.493 e. The summed E-state index contributed by atoms with van der Waals surface area (Å²) in [5.41, 5.74) is 6.45. The smallest absolute Gasteiger partial charge is 0.163 e. The standard InChI is InChI=1S/C15H26N2O2/c1-4-8-17(9-5-2)10-11-19-15-12-13(16)6-7-14(15)18-3/h6-7,12H,4-5,8-11,16H2,1-3H3. The lowest BCUT2D eigenvalue weighted by atomic mass is 10.3. The molecule has 4 heteroatoms. The molecule has 0 saturated carbocycles. The molecule has 0 spiro atoms. The molecule has 0 saturated heterocycles. The van der Waals surface area contributed by atoms with Crippen LogP contribution in [-0.2, 0) is 0 Å². The first kappa shape index (κ1) is 15.6. The van der Waals surface area contributed by atoms with Crippen LogP contribution in [0, 0.1) is 0 Å². The molecule has 0 aliphatic rings. The molecule has 2 N–H and O–H groups in total. The molecular formula is C15H26N2O2. The first-order valence-corrected chi connectivity index (χ1v) is 6.99. The fourth-order valence-electron chi connectivity index (χ4n) is 2.06. The Balaban J connectivity index is 2.49. The van der Waals surface area contributed by atoms with Crippen molar-refractivity contribution in [3.63, 3.8) is 0 Å². The van der Waals surface area contributed by atoms with Crippen LogP contribution in [0.2, 0.25) is 0 Å². The first-order chi connectivity index (χ1) is 9.21. The zero-order valence-corrected chi connectivity index (χ0v) is 12.3. The maximum absolute atomic E-state index is 5.79. The normalized spacial score (nSPS) is 10.7. The Bertz CT molecular complexity index is 363. The highest BCUT2D eigenvalue weighted by molar-refractivity contribution is 5.51. The molecule has 0 bridgehead atoms. The summed E-state index contributed by atoms with van der Waals surface area (Å²) >= 11 is 0. The van der Waals surface area contributed by atoms with Gasteiger partial charge in [0, 0.05) is 18.3 Å². The molecule has 0 fully saturated rings. The molecule has 0 amide bonds. The minimum absolute atomic E-state index is 0.653. The van der Waals surface area contributed by atoms with Crippen LogP contribution in [0.25, 0.3) is 0 Å². The second-order valence-corrected chi connectivity index (χ2v) is 4.60. The van der Waals surface area contributed by atoms with E-state index in [9.17, 15) is 0 Å². The van der Waals surface area contributed by atoms with Crippen LogP contribution < -0.4 is 15.2 Å². The molecule has 0 aliphatic carbocycles. The Kier molecular flexibility index (Phi) is 7.11. The number of methoxy groups -OCH3 is 1. The van der Waals surface area contributed by atoms with Crippen molar-refractivity contribution in [2.24, 2.45) is 0 Å². The van der Waals surface area contributed by atoms with Crippen molar-refractivity contribution in [2.75, 3.05) is 39.1 Å². The molecule has 108 valence electrons. The molecule has 0 heterocycles. The van der Waals surface area contributed by atoms with E-state index in [4.69, 9.17) is 15.2 Å². The zero-order chi connectivity index (χ0) is 14.1.